The molecule has 0 fully saturated rings. The highest BCUT2D eigenvalue weighted by molar-refractivity contribution is 7.99. The monoisotopic (exact) mass is 672 g/mol. The number of fused-ring (bicyclic) bond motifs is 9. The van der Waals surface area contributed by atoms with Gasteiger partial charge in [0.1, 0.15) is 0 Å². The Morgan fingerprint density at radius 1 is 0.549 bits per heavy atom. The smallest absolute Gasteiger partial charge is 0.169 e. The number of nitrogens with zero attached hydrogens (tertiary/aromatic N) is 4. The molecule has 6 aromatic carbocycles. The third-order valence-electron chi connectivity index (χ3n) is 10.5. The van der Waals surface area contributed by atoms with E-state index >= 15 is 0 Å². The van der Waals surface area contributed by atoms with E-state index in [9.17, 15) is 0 Å². The number of aryl methyl sites for hydroxylation is 2. The molecule has 0 N–H and O–H groups in total. The van der Waals surface area contributed by atoms with Crippen LogP contribution in [0.2, 0.25) is 0 Å². The third-order valence-corrected chi connectivity index (χ3v) is 11.5. The quantitative estimate of drug-likeness (QED) is 0.171. The van der Waals surface area contributed by atoms with Crippen LogP contribution in [0.15, 0.2) is 168 Å². The minimum absolute atomic E-state index is 0.537. The van der Waals surface area contributed by atoms with Crippen molar-refractivity contribution in [2.45, 2.75) is 29.1 Å². The second kappa shape index (κ2) is 11.5. The molecule has 9 aromatic rings. The second-order valence-corrected chi connectivity index (χ2v) is 14.5. The number of pyridine rings is 2. The molecule has 3 aromatic heterocycles. The standard InChI is InChI=1S/C46H32N4S/c1-29-13-11-14-30(2)43(29)45-49-48-44-38-28-33(24-25-34(38)37-19-5-8-22-41(37)50(44)45)51-32-16-12-15-31(27-32)46(42-23-9-10-26-47-42)39-20-6-3-17-35(39)36-18-4-7-21-40(36)46/h3-28H,1-2H3. The molecule has 0 unspecified atom stereocenters. The molecule has 242 valence electrons. The molecule has 0 radical (unpaired) electrons. The minimum atomic E-state index is -0.537. The Kier molecular flexibility index (Phi) is 6.73. The molecule has 0 aliphatic heterocycles. The zero-order valence-electron chi connectivity index (χ0n) is 28.2. The van der Waals surface area contributed by atoms with E-state index in [0.29, 0.717) is 0 Å². The average Bonchev–Trinajstić information content (AvgIpc) is 3.74. The highest BCUT2D eigenvalue weighted by atomic mass is 32.2. The summed E-state index contributed by atoms with van der Waals surface area (Å²) in [4.78, 5) is 7.33. The predicted molar refractivity (Wildman–Crippen MR) is 209 cm³/mol. The van der Waals surface area contributed by atoms with Crippen LogP contribution in [0.25, 0.3) is 49.8 Å². The van der Waals surface area contributed by atoms with E-state index in [0.717, 1.165) is 38.5 Å². The van der Waals surface area contributed by atoms with Crippen molar-refractivity contribution in [2.24, 2.45) is 0 Å². The first kappa shape index (κ1) is 29.8. The van der Waals surface area contributed by atoms with E-state index in [4.69, 9.17) is 15.2 Å². The normalized spacial score (nSPS) is 13.1. The van der Waals surface area contributed by atoms with Crippen molar-refractivity contribution >= 4 is 39.1 Å². The molecule has 3 heterocycles. The fourth-order valence-corrected chi connectivity index (χ4v) is 9.32. The lowest BCUT2D eigenvalue weighted by atomic mass is 9.70. The maximum atomic E-state index is 5.02. The highest BCUT2D eigenvalue weighted by Gasteiger charge is 2.47. The molecule has 0 amide bonds. The van der Waals surface area contributed by atoms with Gasteiger partial charge in [0, 0.05) is 32.3 Å². The zero-order chi connectivity index (χ0) is 34.1. The Labute approximate surface area is 300 Å². The van der Waals surface area contributed by atoms with Crippen LogP contribution in [-0.2, 0) is 5.41 Å². The van der Waals surface area contributed by atoms with Gasteiger partial charge in [-0.15, -0.1) is 10.2 Å². The molecule has 0 spiro atoms. The Balaban J connectivity index is 1.14. The van der Waals surface area contributed by atoms with Crippen LogP contribution in [0.4, 0.5) is 0 Å². The first-order valence-corrected chi connectivity index (χ1v) is 18.1. The zero-order valence-corrected chi connectivity index (χ0v) is 29.0. The molecule has 0 saturated heterocycles. The average molecular weight is 673 g/mol. The maximum absolute atomic E-state index is 5.02. The van der Waals surface area contributed by atoms with Crippen molar-refractivity contribution < 1.29 is 0 Å². The predicted octanol–water partition coefficient (Wildman–Crippen LogP) is 11.2. The molecule has 5 heteroatoms. The number of benzene rings is 6. The summed E-state index contributed by atoms with van der Waals surface area (Å²) in [5, 5.41) is 13.1. The van der Waals surface area contributed by atoms with Crippen molar-refractivity contribution in [1.82, 2.24) is 19.6 Å². The molecule has 0 saturated carbocycles. The van der Waals surface area contributed by atoms with Crippen LogP contribution < -0.4 is 0 Å². The summed E-state index contributed by atoms with van der Waals surface area (Å²) in [6, 6.07) is 54.6. The van der Waals surface area contributed by atoms with E-state index in [1.54, 1.807) is 11.8 Å². The first-order chi connectivity index (χ1) is 25.1. The van der Waals surface area contributed by atoms with Crippen molar-refractivity contribution in [1.29, 1.82) is 0 Å². The minimum Gasteiger partial charge on any atom is -0.274 e. The number of aromatic nitrogens is 4. The van der Waals surface area contributed by atoms with Crippen LogP contribution in [0.3, 0.4) is 0 Å². The van der Waals surface area contributed by atoms with Gasteiger partial charge in [0.05, 0.1) is 16.6 Å². The molecular formula is C46H32N4S. The van der Waals surface area contributed by atoms with Gasteiger partial charge in [-0.05, 0) is 101 Å². The van der Waals surface area contributed by atoms with Gasteiger partial charge in [0.15, 0.2) is 11.5 Å². The molecular weight excluding hydrogens is 641 g/mol. The summed E-state index contributed by atoms with van der Waals surface area (Å²) in [5.74, 6) is 0.876. The number of hydrogen-bond donors (Lipinski definition) is 0. The van der Waals surface area contributed by atoms with Crippen LogP contribution in [-0.4, -0.2) is 19.6 Å². The van der Waals surface area contributed by atoms with E-state index in [-0.39, 0.29) is 0 Å². The summed E-state index contributed by atoms with van der Waals surface area (Å²) in [5.41, 5.74) is 12.2. The van der Waals surface area contributed by atoms with Gasteiger partial charge < -0.3 is 0 Å². The van der Waals surface area contributed by atoms with Crippen molar-refractivity contribution in [3.05, 3.63) is 191 Å². The third kappa shape index (κ3) is 4.38. The lowest BCUT2D eigenvalue weighted by Gasteiger charge is -2.32. The summed E-state index contributed by atoms with van der Waals surface area (Å²) < 4.78 is 2.24. The molecule has 1 aliphatic rings. The van der Waals surface area contributed by atoms with E-state index < -0.39 is 5.41 Å². The second-order valence-electron chi connectivity index (χ2n) is 13.4. The largest absolute Gasteiger partial charge is 0.274 e. The number of rotatable bonds is 5. The molecule has 1 aliphatic carbocycles. The lowest BCUT2D eigenvalue weighted by Crippen LogP contribution is -2.29. The summed E-state index contributed by atoms with van der Waals surface area (Å²) in [7, 11) is 0. The Hall–Kier alpha value is -6.04. The van der Waals surface area contributed by atoms with Crippen molar-refractivity contribution in [3.8, 4) is 22.5 Å². The van der Waals surface area contributed by atoms with Gasteiger partial charge in [-0.3, -0.25) is 9.38 Å². The highest BCUT2D eigenvalue weighted by Crippen LogP contribution is 2.55. The van der Waals surface area contributed by atoms with Gasteiger partial charge in [-0.1, -0.05) is 121 Å². The summed E-state index contributed by atoms with van der Waals surface area (Å²) in [6.45, 7) is 4.30. The molecule has 0 bridgehead atoms. The van der Waals surface area contributed by atoms with E-state index in [2.05, 4.69) is 164 Å². The fourth-order valence-electron chi connectivity index (χ4n) is 8.40. The Bertz CT molecular complexity index is 2750. The number of hydrogen-bond acceptors (Lipinski definition) is 4. The van der Waals surface area contributed by atoms with Crippen LogP contribution in [0, 0.1) is 13.8 Å². The van der Waals surface area contributed by atoms with Crippen LogP contribution >= 0.6 is 11.8 Å². The summed E-state index contributed by atoms with van der Waals surface area (Å²) >= 11 is 1.78. The van der Waals surface area contributed by atoms with Gasteiger partial charge >= 0.3 is 0 Å². The molecule has 4 nitrogen and oxygen atoms in total. The van der Waals surface area contributed by atoms with Gasteiger partial charge in [-0.25, -0.2) is 0 Å². The van der Waals surface area contributed by atoms with Crippen LogP contribution in [0.5, 0.6) is 0 Å². The molecule has 10 rings (SSSR count). The summed E-state index contributed by atoms with van der Waals surface area (Å²) in [6.07, 6.45) is 1.91. The first-order valence-electron chi connectivity index (χ1n) is 17.3. The molecule has 0 atom stereocenters. The van der Waals surface area contributed by atoms with E-state index in [1.807, 2.05) is 12.3 Å². The Morgan fingerprint density at radius 2 is 1.24 bits per heavy atom. The fraction of sp³-hybridized carbons (Fsp3) is 0.0652. The Morgan fingerprint density at radius 3 is 2.00 bits per heavy atom. The van der Waals surface area contributed by atoms with Crippen molar-refractivity contribution in [3.63, 3.8) is 0 Å². The molecule has 51 heavy (non-hydrogen) atoms. The van der Waals surface area contributed by atoms with Gasteiger partial charge in [-0.2, -0.15) is 0 Å². The van der Waals surface area contributed by atoms with Crippen molar-refractivity contribution in [2.75, 3.05) is 0 Å². The maximum Gasteiger partial charge on any atom is 0.169 e. The SMILES string of the molecule is Cc1cccc(C)c1-c1nnc2c3cc(Sc4cccc(C5(c6ccccn6)c6ccccc6-c6ccccc65)c4)ccc3c3ccccc3n12. The van der Waals surface area contributed by atoms with E-state index in [1.165, 1.54) is 54.6 Å². The lowest BCUT2D eigenvalue weighted by molar-refractivity contribution is 0.732. The van der Waals surface area contributed by atoms with Gasteiger partial charge in [0.25, 0.3) is 0 Å². The van der Waals surface area contributed by atoms with Gasteiger partial charge in [0.2, 0.25) is 0 Å². The topological polar surface area (TPSA) is 43.1 Å². The van der Waals surface area contributed by atoms with Crippen LogP contribution in [0.1, 0.15) is 33.5 Å². The number of para-hydroxylation sites is 1.